The number of nitrogen functional groups attached to an aromatic ring is 1. The van der Waals surface area contributed by atoms with E-state index >= 15 is 13.2 Å². The van der Waals surface area contributed by atoms with Crippen LogP contribution in [-0.2, 0) is 44.3 Å². The third kappa shape index (κ3) is 20.3. The van der Waals surface area contributed by atoms with Gasteiger partial charge in [-0.2, -0.15) is 19.9 Å². The molecule has 0 spiro atoms. The van der Waals surface area contributed by atoms with Crippen LogP contribution in [0, 0.1) is 23.7 Å². The Morgan fingerprint density at radius 3 is 1.11 bits per heavy atom. The lowest BCUT2D eigenvalue weighted by Gasteiger charge is -2.37. The molecule has 12 heterocycles. The molecule has 6 aliphatic rings. The first-order valence-corrected chi connectivity index (χ1v) is 48.4. The Morgan fingerprint density at radius 2 is 0.804 bits per heavy atom. The first kappa shape index (κ1) is 105. The third-order valence-corrected chi connectivity index (χ3v) is 29.8. The summed E-state index contributed by atoms with van der Waals surface area (Å²) in [4.78, 5) is 73.1. The van der Waals surface area contributed by atoms with Crippen molar-refractivity contribution in [1.82, 2.24) is 58.6 Å². The van der Waals surface area contributed by atoms with Gasteiger partial charge in [0, 0.05) is 28.1 Å². The molecule has 0 bridgehead atoms. The number of halogens is 9. The largest absolute Gasteiger partial charge is 0.497 e. The summed E-state index contributed by atoms with van der Waals surface area (Å²) in [6.45, 7) is 22.7. The Hall–Kier alpha value is -10.2. The number of alkyl halides is 8. The summed E-state index contributed by atoms with van der Waals surface area (Å²) in [7, 11) is 3.21. The quantitative estimate of drug-likeness (QED) is 0.00805. The number of carbonyl (C=O) groups excluding carboxylic acids is 1. The highest BCUT2D eigenvalue weighted by Gasteiger charge is 2.59. The summed E-state index contributed by atoms with van der Waals surface area (Å²) in [5.41, 5.74) is -1.90. The number of nitrogens with two attached hydrogens (primary N) is 1. The van der Waals surface area contributed by atoms with E-state index in [1.54, 1.807) is 39.6 Å². The van der Waals surface area contributed by atoms with Gasteiger partial charge in [-0.05, 0) is 125 Å². The second-order valence-corrected chi connectivity index (χ2v) is 38.3. The van der Waals surface area contributed by atoms with E-state index in [1.165, 1.54) is 62.7 Å². The van der Waals surface area contributed by atoms with Gasteiger partial charge in [-0.25, -0.2) is 46.1 Å². The van der Waals surface area contributed by atoms with E-state index in [9.17, 15) is 42.9 Å². The Bertz CT molecular complexity index is 5870. The lowest BCUT2D eigenvalue weighted by molar-refractivity contribution is -0.149. The van der Waals surface area contributed by atoms with E-state index < -0.39 is 123 Å². The molecule has 138 heavy (non-hydrogen) atoms. The molecule has 0 radical (unpaired) electrons. The minimum atomic E-state index is -2.29. The summed E-state index contributed by atoms with van der Waals surface area (Å²) in [5, 5.41) is 46.5. The highest BCUT2D eigenvalue weighted by Crippen LogP contribution is 2.51. The smallest absolute Gasteiger partial charge is 0.344 e. The number of aromatic amines is 2. The SMILES string of the molecule is CC[C@H]1OC(=O)[C@](C)(F)[C@@H]1C.CC[C@H]1OC(O)[C@](C)(F)[C@@H]1C.CC[C@H]1O[C@@H](n2cnc3c(Cl)nc(N)nc32)[C@](C)(F)[C@@H]1C.CC[C@H]1O[C@H](Br)[C@](C)(F)[C@@H]1C.COc1ccc(C(Nc2nc3c(ncn3[C@@H]3O[C@H](CI)[C@@H](O)[C@@]3(C)F)c(=O)[nH]2)(c2ccccc2)c2ccccc2)cc1.COc1ccc(C(Nc2nc3c(ncn3[C@@H]3O[C@H](CO)[C@@H](O)[C@@]3(C)F)c(=O)[nH]2)(c2ccccc2)c2ccccc2)cc1. The lowest BCUT2D eigenvalue weighted by atomic mass is 9.77. The van der Waals surface area contributed by atoms with Gasteiger partial charge in [-0.3, -0.25) is 33.3 Å². The second kappa shape index (κ2) is 42.7. The van der Waals surface area contributed by atoms with Gasteiger partial charge < -0.3 is 74.7 Å². The fourth-order valence-electron chi connectivity index (χ4n) is 18.3. The van der Waals surface area contributed by atoms with Crippen molar-refractivity contribution in [3.63, 3.8) is 0 Å². The number of nitrogens with one attached hydrogen (secondary N) is 4. The summed E-state index contributed by atoms with van der Waals surface area (Å²) >= 11 is 11.2. The van der Waals surface area contributed by atoms with Crippen molar-refractivity contribution in [3.05, 3.63) is 248 Å². The van der Waals surface area contributed by atoms with E-state index in [0.717, 1.165) is 52.6 Å². The predicted molar refractivity (Wildman–Crippen MR) is 523 cm³/mol. The summed E-state index contributed by atoms with van der Waals surface area (Å²) in [6, 6.07) is 54.3. The number of carbonyl (C=O) groups is 1. The lowest BCUT2D eigenvalue weighted by Crippen LogP contribution is -2.40. The number of rotatable bonds is 21. The molecule has 18 rings (SSSR count). The number of imidazole rings is 3. The monoisotopic (exact) mass is 2110 g/mol. The number of H-pyrrole nitrogens is 2. The number of hydrogen-bond donors (Lipinski definition) is 9. The van der Waals surface area contributed by atoms with Crippen LogP contribution in [0.2, 0.25) is 5.15 Å². The van der Waals surface area contributed by atoms with Crippen molar-refractivity contribution in [3.8, 4) is 11.5 Å². The molecular weight excluding hydrogens is 2000 g/mol. The minimum Gasteiger partial charge on any atom is -0.497 e. The minimum absolute atomic E-state index is 0.0168. The molecule has 0 amide bonds. The molecule has 6 aromatic heterocycles. The van der Waals surface area contributed by atoms with Crippen LogP contribution in [0.1, 0.15) is 175 Å². The number of aliphatic hydroxyl groups excluding tert-OH is 4. The molecule has 0 saturated carbocycles. The number of esters is 1. The maximum atomic E-state index is 15.8. The molecule has 0 aliphatic carbocycles. The molecule has 6 fully saturated rings. The van der Waals surface area contributed by atoms with E-state index in [1.807, 2.05) is 234 Å². The fraction of sp³-hybridized carbons (Fsp3) is 0.475. The number of benzene rings is 6. The van der Waals surface area contributed by atoms with Gasteiger partial charge in [0.2, 0.25) is 23.5 Å². The fourth-order valence-corrected chi connectivity index (χ4v) is 19.9. The molecule has 23 atom stereocenters. The van der Waals surface area contributed by atoms with Gasteiger partial charge in [0.05, 0.1) is 64.2 Å². The van der Waals surface area contributed by atoms with Crippen LogP contribution in [0.4, 0.5) is 44.2 Å². The summed E-state index contributed by atoms with van der Waals surface area (Å²) in [5.74, 6) is 0.130. The molecule has 742 valence electrons. The molecule has 6 aromatic carbocycles. The maximum Gasteiger partial charge on any atom is 0.344 e. The highest BCUT2D eigenvalue weighted by molar-refractivity contribution is 14.1. The zero-order chi connectivity index (χ0) is 100. The second-order valence-electron chi connectivity index (χ2n) is 36.2. The molecule has 12 aromatic rings. The van der Waals surface area contributed by atoms with Crippen molar-refractivity contribution >= 4 is 107 Å². The van der Waals surface area contributed by atoms with Gasteiger partial charge in [-0.15, -0.1) is 0 Å². The summed E-state index contributed by atoms with van der Waals surface area (Å²) in [6.07, 6.45) is -2.86. The number of anilines is 3. The van der Waals surface area contributed by atoms with Gasteiger partial charge >= 0.3 is 5.97 Å². The topological polar surface area (TPSA) is 393 Å². The van der Waals surface area contributed by atoms with Crippen LogP contribution in [-0.4, -0.2) is 204 Å². The normalized spacial score (nSPS) is 30.4. The molecule has 1 unspecified atom stereocenters. The van der Waals surface area contributed by atoms with Crippen molar-refractivity contribution < 1.29 is 89.5 Å². The first-order valence-electron chi connectivity index (χ1n) is 45.6. The Balaban J connectivity index is 0.000000154. The summed E-state index contributed by atoms with van der Waals surface area (Å²) < 4.78 is 135. The Kier molecular flexibility index (Phi) is 32.5. The van der Waals surface area contributed by atoms with Gasteiger partial charge in [0.15, 0.2) is 80.8 Å². The van der Waals surface area contributed by atoms with E-state index in [-0.39, 0.29) is 93.4 Å². The van der Waals surface area contributed by atoms with Gasteiger partial charge in [0.25, 0.3) is 11.1 Å². The van der Waals surface area contributed by atoms with Crippen molar-refractivity contribution in [2.24, 2.45) is 23.7 Å². The molecule has 6 aliphatic heterocycles. The van der Waals surface area contributed by atoms with Gasteiger partial charge in [-0.1, -0.05) is 251 Å². The molecule has 6 saturated heterocycles. The van der Waals surface area contributed by atoms with Crippen molar-refractivity contribution in [2.45, 2.75) is 247 Å². The number of cyclic esters (lactones) is 1. The zero-order valence-electron chi connectivity index (χ0n) is 79.2. The molecule has 30 nitrogen and oxygen atoms in total. The number of aromatic nitrogens is 12. The first-order chi connectivity index (χ1) is 65.4. The predicted octanol–water partition coefficient (Wildman–Crippen LogP) is 17.2. The van der Waals surface area contributed by atoms with Crippen LogP contribution in [0.25, 0.3) is 33.5 Å². The standard InChI is InChI=1S/C31H29FIN5O4.C31H30FN5O5.C13H17ClFN5O.C8H14BrFO.C8H15FO2.C8H13FO2/c1-30(32)25(39)23(17-33)42-28(30)38-18-34-24-26(38)35-29(36-27(24)40)37-31(19-9-5-3-6-10-19,20-11-7-4-8-12-20)21-13-15-22(41-2)16-14-21;1-30(32)25(39)23(17-38)42-28(30)37-18-33-24-26(37)34-29(35-27(24)40)36-31(19-9-5-3-6-10-19,20-11-7-4-8-12-20)21-13-15-22(41-2)16-14-21;1-4-7-6(2)13(3,15)11(21-7)20-5-17-8-9(14)18-12(16)19-10(8)20;1-4-6-5(2)8(3,10)7(9)11-6;2*1-4-6-5(2)8(3,9)7(10)11-6/h3-16,18,23,25,28,39H,17H2,1-2H3,(H2,35,36,37,40);3-16,18,23,25,28,38-39H,17H2,1-2H3,(H2,34,35,36,40);5-7,11H,4H2,1-3H3,(H2,16,18,19);5-7H,4H2,1-3H3;5-7,10H,4H2,1-3H3;5-6H,4H2,1-3H3/t2*23-,25-,28-,30-;6-,7-,11-,13-;5-,6-,7+,8-;5-,6-,7?,8-;5-,6-,8-/m111111/s1. The molecular formula is C99H118BrClF6IN15O15. The van der Waals surface area contributed by atoms with Crippen LogP contribution >= 0.6 is 50.1 Å². The van der Waals surface area contributed by atoms with E-state index in [4.69, 9.17) is 70.3 Å². The average Bonchev–Trinajstić information content (AvgIpc) is 1.19. The van der Waals surface area contributed by atoms with Crippen LogP contribution in [0.3, 0.4) is 0 Å². The maximum absolute atomic E-state index is 15.8. The van der Waals surface area contributed by atoms with Crippen LogP contribution in [0.5, 0.6) is 11.5 Å². The number of fused-ring (bicyclic) bond motifs is 3. The Morgan fingerprint density at radius 1 is 0.464 bits per heavy atom. The number of nitrogens with zero attached hydrogens (tertiary/aromatic N) is 10. The number of aliphatic hydroxyl groups is 4. The third-order valence-electron chi connectivity index (χ3n) is 27.6. The van der Waals surface area contributed by atoms with Crippen LogP contribution in [0.15, 0.2) is 198 Å². The number of hydrogen-bond acceptors (Lipinski definition) is 25. The van der Waals surface area contributed by atoms with Crippen LogP contribution < -0.4 is 37.0 Å². The number of methoxy groups -OCH3 is 2. The van der Waals surface area contributed by atoms with E-state index in [2.05, 4.69) is 61.5 Å². The number of ether oxygens (including phenoxy) is 8. The zero-order valence-corrected chi connectivity index (χ0v) is 83.7. The van der Waals surface area contributed by atoms with Crippen molar-refractivity contribution in [2.75, 3.05) is 41.6 Å². The molecule has 39 heteroatoms. The molecule has 10 N–H and O–H groups in total. The van der Waals surface area contributed by atoms with Gasteiger partial charge in [0.1, 0.15) is 63.2 Å². The Labute approximate surface area is 821 Å². The average molecular weight is 2110 g/mol. The van der Waals surface area contributed by atoms with E-state index in [0.29, 0.717) is 33.5 Å². The van der Waals surface area contributed by atoms with Crippen molar-refractivity contribution in [1.29, 1.82) is 0 Å². The highest BCUT2D eigenvalue weighted by atomic mass is 127.